The molecular formula is C14H20F3N5O. The van der Waals surface area contributed by atoms with E-state index < -0.39 is 24.7 Å². The van der Waals surface area contributed by atoms with E-state index in [4.69, 9.17) is 0 Å². The van der Waals surface area contributed by atoms with Crippen molar-refractivity contribution in [1.29, 1.82) is 0 Å². The van der Waals surface area contributed by atoms with Crippen molar-refractivity contribution in [3.05, 3.63) is 11.6 Å². The Morgan fingerprint density at radius 2 is 2.09 bits per heavy atom. The van der Waals surface area contributed by atoms with Crippen molar-refractivity contribution < 1.29 is 18.0 Å². The highest BCUT2D eigenvalue weighted by Gasteiger charge is 2.40. The maximum atomic E-state index is 12.4. The molecule has 0 radical (unpaired) electrons. The second-order valence-electron chi connectivity index (χ2n) is 6.19. The van der Waals surface area contributed by atoms with Gasteiger partial charge in [-0.15, -0.1) is 10.2 Å². The molecule has 0 aliphatic carbocycles. The summed E-state index contributed by atoms with van der Waals surface area (Å²) in [5.74, 6) is 1.20. The monoisotopic (exact) mass is 331 g/mol. The van der Waals surface area contributed by atoms with Gasteiger partial charge in [-0.3, -0.25) is 10.1 Å². The molecule has 1 N–H and O–H groups in total. The van der Waals surface area contributed by atoms with Crippen LogP contribution in [0.1, 0.15) is 43.9 Å². The van der Waals surface area contributed by atoms with Gasteiger partial charge in [-0.05, 0) is 26.2 Å². The van der Waals surface area contributed by atoms with E-state index in [9.17, 15) is 18.0 Å². The number of halogens is 3. The molecule has 1 amide bonds. The number of nitrogens with one attached hydrogen (secondary N) is 1. The molecule has 23 heavy (non-hydrogen) atoms. The van der Waals surface area contributed by atoms with Gasteiger partial charge in [0.25, 0.3) is 0 Å². The summed E-state index contributed by atoms with van der Waals surface area (Å²) in [6, 6.07) is -0.821. The molecule has 1 saturated heterocycles. The number of nitrogens with zero attached hydrogens (tertiary/aromatic N) is 4. The van der Waals surface area contributed by atoms with Crippen LogP contribution in [0, 0.1) is 0 Å². The van der Waals surface area contributed by atoms with Gasteiger partial charge in [-0.1, -0.05) is 0 Å². The number of carbonyl (C=O) groups is 1. The standard InChI is InChI=1S/C14H20F3N5O/c1-9(12-20-19-11-4-2-3-6-22(11)12)18-10-5-7-21(13(10)23)8-14(15,16)17/h9-10,18H,2-8H2,1H3. The Morgan fingerprint density at radius 3 is 2.83 bits per heavy atom. The van der Waals surface area contributed by atoms with Crippen molar-refractivity contribution in [2.45, 2.75) is 57.4 Å². The summed E-state index contributed by atoms with van der Waals surface area (Å²) in [6.07, 6.45) is -0.941. The summed E-state index contributed by atoms with van der Waals surface area (Å²) < 4.78 is 39.4. The second kappa shape index (κ2) is 6.10. The molecule has 3 rings (SSSR count). The Morgan fingerprint density at radius 1 is 1.30 bits per heavy atom. The maximum Gasteiger partial charge on any atom is 0.406 e. The number of fused-ring (bicyclic) bond motifs is 1. The van der Waals surface area contributed by atoms with Crippen LogP contribution < -0.4 is 5.32 Å². The molecule has 1 aromatic rings. The lowest BCUT2D eigenvalue weighted by atomic mass is 10.1. The SMILES string of the molecule is CC(NC1CCN(CC(F)(F)F)C1=O)c1nnc2n1CCCC2. The van der Waals surface area contributed by atoms with Crippen LogP contribution in [0.5, 0.6) is 0 Å². The minimum absolute atomic E-state index is 0.126. The number of aryl methyl sites for hydroxylation is 1. The van der Waals surface area contributed by atoms with E-state index in [0.29, 0.717) is 6.42 Å². The first kappa shape index (κ1) is 16.2. The number of hydrogen-bond acceptors (Lipinski definition) is 4. The molecule has 0 aromatic carbocycles. The third kappa shape index (κ3) is 3.49. The van der Waals surface area contributed by atoms with Gasteiger partial charge in [0.1, 0.15) is 18.2 Å². The molecule has 6 nitrogen and oxygen atoms in total. The summed E-state index contributed by atoms with van der Waals surface area (Å²) in [5.41, 5.74) is 0. The van der Waals surface area contributed by atoms with Crippen LogP contribution in [0.4, 0.5) is 13.2 Å². The molecule has 2 unspecified atom stereocenters. The molecule has 2 aliphatic rings. The predicted molar refractivity (Wildman–Crippen MR) is 75.6 cm³/mol. The van der Waals surface area contributed by atoms with Gasteiger partial charge in [-0.25, -0.2) is 0 Å². The van der Waals surface area contributed by atoms with Crippen LogP contribution in [0.25, 0.3) is 0 Å². The number of carbonyl (C=O) groups excluding carboxylic acids is 1. The van der Waals surface area contributed by atoms with Crippen LogP contribution in [0.2, 0.25) is 0 Å². The minimum atomic E-state index is -4.36. The van der Waals surface area contributed by atoms with Gasteiger partial charge >= 0.3 is 6.18 Å². The molecule has 9 heteroatoms. The summed E-state index contributed by atoms with van der Waals surface area (Å²) >= 11 is 0. The minimum Gasteiger partial charge on any atom is -0.332 e. The molecule has 2 aliphatic heterocycles. The Hall–Kier alpha value is -1.64. The van der Waals surface area contributed by atoms with Crippen LogP contribution in [-0.4, -0.2) is 50.9 Å². The number of alkyl halides is 3. The lowest BCUT2D eigenvalue weighted by Gasteiger charge is -2.22. The number of amides is 1. The molecule has 128 valence electrons. The molecule has 0 saturated carbocycles. The topological polar surface area (TPSA) is 63.1 Å². The maximum absolute atomic E-state index is 12.4. The Labute approximate surface area is 132 Å². The van der Waals surface area contributed by atoms with Crippen molar-refractivity contribution in [1.82, 2.24) is 25.0 Å². The molecular weight excluding hydrogens is 311 g/mol. The highest BCUT2D eigenvalue weighted by atomic mass is 19.4. The Bertz CT molecular complexity index is 585. The average molecular weight is 331 g/mol. The molecule has 3 heterocycles. The smallest absolute Gasteiger partial charge is 0.332 e. The third-order valence-electron chi connectivity index (χ3n) is 4.39. The Balaban J connectivity index is 1.63. The van der Waals surface area contributed by atoms with E-state index in [1.54, 1.807) is 0 Å². The first-order valence-electron chi connectivity index (χ1n) is 7.89. The van der Waals surface area contributed by atoms with E-state index in [1.807, 2.05) is 11.5 Å². The Kier molecular flexibility index (Phi) is 4.31. The highest BCUT2D eigenvalue weighted by molar-refractivity contribution is 5.84. The first-order chi connectivity index (χ1) is 10.8. The summed E-state index contributed by atoms with van der Waals surface area (Å²) in [4.78, 5) is 13.0. The molecule has 2 atom stereocenters. The lowest BCUT2D eigenvalue weighted by molar-refractivity contribution is -0.158. The fourth-order valence-electron chi connectivity index (χ4n) is 3.29. The van der Waals surface area contributed by atoms with E-state index in [-0.39, 0.29) is 12.6 Å². The van der Waals surface area contributed by atoms with Crippen molar-refractivity contribution >= 4 is 5.91 Å². The van der Waals surface area contributed by atoms with Crippen molar-refractivity contribution in [3.63, 3.8) is 0 Å². The van der Waals surface area contributed by atoms with Crippen LogP contribution in [0.3, 0.4) is 0 Å². The molecule has 1 fully saturated rings. The largest absolute Gasteiger partial charge is 0.406 e. The fourth-order valence-corrected chi connectivity index (χ4v) is 3.29. The number of hydrogen-bond donors (Lipinski definition) is 1. The van der Waals surface area contributed by atoms with Gasteiger partial charge in [0.15, 0.2) is 0 Å². The van der Waals surface area contributed by atoms with Crippen LogP contribution in [0.15, 0.2) is 0 Å². The number of rotatable bonds is 4. The highest BCUT2D eigenvalue weighted by Crippen LogP contribution is 2.23. The summed E-state index contributed by atoms with van der Waals surface area (Å²) in [5, 5.41) is 11.5. The normalized spacial score (nSPS) is 23.2. The number of aromatic nitrogens is 3. The van der Waals surface area contributed by atoms with Crippen molar-refractivity contribution in [2.75, 3.05) is 13.1 Å². The zero-order valence-corrected chi connectivity index (χ0v) is 12.9. The zero-order valence-electron chi connectivity index (χ0n) is 12.9. The van der Waals surface area contributed by atoms with Gasteiger partial charge in [0, 0.05) is 19.5 Å². The van der Waals surface area contributed by atoms with Crippen molar-refractivity contribution in [2.24, 2.45) is 0 Å². The van der Waals surface area contributed by atoms with Crippen LogP contribution >= 0.6 is 0 Å². The summed E-state index contributed by atoms with van der Waals surface area (Å²) in [7, 11) is 0. The first-order valence-corrected chi connectivity index (χ1v) is 7.89. The van der Waals surface area contributed by atoms with Crippen LogP contribution in [-0.2, 0) is 17.8 Å². The molecule has 0 bridgehead atoms. The second-order valence-corrected chi connectivity index (χ2v) is 6.19. The van der Waals surface area contributed by atoms with E-state index >= 15 is 0 Å². The lowest BCUT2D eigenvalue weighted by Crippen LogP contribution is -2.42. The van der Waals surface area contributed by atoms with E-state index in [0.717, 1.165) is 42.4 Å². The average Bonchev–Trinajstić information content (AvgIpc) is 3.04. The summed E-state index contributed by atoms with van der Waals surface area (Å²) in [6.45, 7) is 1.66. The van der Waals surface area contributed by atoms with E-state index in [2.05, 4.69) is 15.5 Å². The number of likely N-dealkylation sites (tertiary alicyclic amines) is 1. The fraction of sp³-hybridized carbons (Fsp3) is 0.786. The van der Waals surface area contributed by atoms with Gasteiger partial charge in [0.05, 0.1) is 12.1 Å². The molecule has 0 spiro atoms. The molecule has 1 aromatic heterocycles. The predicted octanol–water partition coefficient (Wildman–Crippen LogP) is 1.43. The third-order valence-corrected chi connectivity index (χ3v) is 4.39. The van der Waals surface area contributed by atoms with Gasteiger partial charge in [0.2, 0.25) is 5.91 Å². The quantitative estimate of drug-likeness (QED) is 0.907. The van der Waals surface area contributed by atoms with Gasteiger partial charge in [-0.2, -0.15) is 13.2 Å². The zero-order chi connectivity index (χ0) is 16.6. The van der Waals surface area contributed by atoms with Gasteiger partial charge < -0.3 is 9.47 Å². The van der Waals surface area contributed by atoms with E-state index in [1.165, 1.54) is 0 Å². The van der Waals surface area contributed by atoms with Crippen molar-refractivity contribution in [3.8, 4) is 0 Å².